The van der Waals surface area contributed by atoms with Gasteiger partial charge in [-0.05, 0) is 59.7 Å². The molecular weight excluding hydrogens is 328 g/mol. The average molecular weight is 354 g/mol. The molecule has 0 atom stereocenters. The average Bonchev–Trinajstić information content (AvgIpc) is 2.71. The van der Waals surface area contributed by atoms with Gasteiger partial charge in [-0.1, -0.05) is 78.9 Å². The Labute approximate surface area is 162 Å². The van der Waals surface area contributed by atoms with E-state index < -0.39 is 0 Å². The molecule has 0 aromatic heterocycles. The van der Waals surface area contributed by atoms with E-state index in [0.29, 0.717) is 6.54 Å². The van der Waals surface area contributed by atoms with E-state index in [1.54, 1.807) is 6.20 Å². The van der Waals surface area contributed by atoms with Crippen molar-refractivity contribution in [1.82, 2.24) is 0 Å². The number of hydrogen-bond acceptors (Lipinski definition) is 2. The first kappa shape index (κ1) is 18.8. The molecule has 3 rings (SSSR count). The Kier molecular flexibility index (Phi) is 6.72. The van der Waals surface area contributed by atoms with Crippen LogP contribution >= 0.6 is 0 Å². The van der Waals surface area contributed by atoms with Gasteiger partial charge >= 0.3 is 0 Å². The zero-order valence-corrected chi connectivity index (χ0v) is 15.8. The first-order valence-electron chi connectivity index (χ1n) is 9.41. The molecule has 3 aromatic rings. The molecule has 0 bridgehead atoms. The SMILES string of the molecule is C/C=C\N=Cc1ccc(Cc2ccccc2-c2ccccc2)cc1CCN. The van der Waals surface area contributed by atoms with Crippen molar-refractivity contribution in [3.05, 3.63) is 107 Å². The molecule has 3 aromatic carbocycles. The van der Waals surface area contributed by atoms with Crippen LogP contribution in [0, 0.1) is 0 Å². The van der Waals surface area contributed by atoms with Crippen molar-refractivity contribution in [1.29, 1.82) is 0 Å². The second-order valence-corrected chi connectivity index (χ2v) is 6.53. The molecule has 0 saturated carbocycles. The summed E-state index contributed by atoms with van der Waals surface area (Å²) in [7, 11) is 0. The van der Waals surface area contributed by atoms with Crippen LogP contribution < -0.4 is 5.73 Å². The summed E-state index contributed by atoms with van der Waals surface area (Å²) in [6, 6.07) is 25.8. The van der Waals surface area contributed by atoms with Crippen LogP contribution in [0.2, 0.25) is 0 Å². The van der Waals surface area contributed by atoms with Crippen molar-refractivity contribution in [2.75, 3.05) is 6.54 Å². The fourth-order valence-corrected chi connectivity index (χ4v) is 3.27. The third kappa shape index (κ3) is 5.02. The lowest BCUT2D eigenvalue weighted by molar-refractivity contribution is 0.962. The van der Waals surface area contributed by atoms with Crippen molar-refractivity contribution in [3.8, 4) is 11.1 Å². The number of nitrogens with zero attached hydrogens (tertiary/aromatic N) is 1. The maximum absolute atomic E-state index is 5.83. The Balaban J connectivity index is 1.91. The summed E-state index contributed by atoms with van der Waals surface area (Å²) in [5.41, 5.74) is 13.4. The maximum atomic E-state index is 5.83. The van der Waals surface area contributed by atoms with E-state index >= 15 is 0 Å². The van der Waals surface area contributed by atoms with Gasteiger partial charge in [0.15, 0.2) is 0 Å². The van der Waals surface area contributed by atoms with E-state index in [0.717, 1.165) is 18.4 Å². The monoisotopic (exact) mass is 354 g/mol. The van der Waals surface area contributed by atoms with E-state index in [1.807, 2.05) is 19.2 Å². The second-order valence-electron chi connectivity index (χ2n) is 6.53. The van der Waals surface area contributed by atoms with Gasteiger partial charge in [0.05, 0.1) is 0 Å². The lowest BCUT2D eigenvalue weighted by atomic mass is 9.93. The Morgan fingerprint density at radius 2 is 1.67 bits per heavy atom. The predicted molar refractivity (Wildman–Crippen MR) is 116 cm³/mol. The summed E-state index contributed by atoms with van der Waals surface area (Å²) in [6.07, 6.45) is 7.39. The summed E-state index contributed by atoms with van der Waals surface area (Å²) in [5, 5.41) is 0. The third-order valence-electron chi connectivity index (χ3n) is 4.57. The van der Waals surface area contributed by atoms with E-state index in [-0.39, 0.29) is 0 Å². The molecular formula is C25H26N2. The Morgan fingerprint density at radius 3 is 2.44 bits per heavy atom. The van der Waals surface area contributed by atoms with Crippen LogP contribution in [-0.4, -0.2) is 12.8 Å². The fourth-order valence-electron chi connectivity index (χ4n) is 3.27. The van der Waals surface area contributed by atoms with E-state index in [1.165, 1.54) is 27.8 Å². The molecule has 0 aliphatic heterocycles. The minimum absolute atomic E-state index is 0.633. The van der Waals surface area contributed by atoms with Crippen LogP contribution in [0.4, 0.5) is 0 Å². The zero-order valence-electron chi connectivity index (χ0n) is 15.8. The molecule has 136 valence electrons. The van der Waals surface area contributed by atoms with E-state index in [4.69, 9.17) is 5.73 Å². The number of hydrogen-bond donors (Lipinski definition) is 1. The maximum Gasteiger partial charge on any atom is 0.0342 e. The summed E-state index contributed by atoms with van der Waals surface area (Å²) in [6.45, 7) is 2.60. The van der Waals surface area contributed by atoms with Gasteiger partial charge in [0.25, 0.3) is 0 Å². The van der Waals surface area contributed by atoms with Gasteiger partial charge in [0.1, 0.15) is 0 Å². The van der Waals surface area contributed by atoms with Crippen LogP contribution in [0.1, 0.15) is 29.2 Å². The van der Waals surface area contributed by atoms with Crippen molar-refractivity contribution in [2.45, 2.75) is 19.8 Å². The standard InChI is InChI=1S/C25H26N2/c1-2-16-27-19-24-13-12-20(17-22(24)14-15-26)18-23-10-6-7-11-25(23)21-8-4-3-5-9-21/h2-13,16-17,19H,14-15,18,26H2,1H3/b16-2-,27-19?. The molecule has 0 saturated heterocycles. The Hall–Kier alpha value is -2.97. The lowest BCUT2D eigenvalue weighted by Crippen LogP contribution is -2.06. The molecule has 0 aliphatic carbocycles. The minimum Gasteiger partial charge on any atom is -0.330 e. The highest BCUT2D eigenvalue weighted by Crippen LogP contribution is 2.26. The first-order valence-corrected chi connectivity index (χ1v) is 9.41. The summed E-state index contributed by atoms with van der Waals surface area (Å²) >= 11 is 0. The number of allylic oxidation sites excluding steroid dienone is 1. The molecule has 0 heterocycles. The molecule has 0 unspecified atom stereocenters. The van der Waals surface area contributed by atoms with Gasteiger partial charge in [0.2, 0.25) is 0 Å². The summed E-state index contributed by atoms with van der Waals surface area (Å²) < 4.78 is 0. The fraction of sp³-hybridized carbons (Fsp3) is 0.160. The van der Waals surface area contributed by atoms with Crippen molar-refractivity contribution in [3.63, 3.8) is 0 Å². The highest BCUT2D eigenvalue weighted by molar-refractivity contribution is 5.82. The number of benzene rings is 3. The Morgan fingerprint density at radius 1 is 0.889 bits per heavy atom. The van der Waals surface area contributed by atoms with Gasteiger partial charge in [-0.25, -0.2) is 0 Å². The summed E-state index contributed by atoms with van der Waals surface area (Å²) in [5.74, 6) is 0. The molecule has 0 spiro atoms. The predicted octanol–water partition coefficient (Wildman–Crippen LogP) is 5.40. The molecule has 2 N–H and O–H groups in total. The van der Waals surface area contributed by atoms with Crippen molar-refractivity contribution < 1.29 is 0 Å². The highest BCUT2D eigenvalue weighted by Gasteiger charge is 2.07. The molecule has 2 nitrogen and oxygen atoms in total. The van der Waals surface area contributed by atoms with Crippen LogP contribution in [0.3, 0.4) is 0 Å². The third-order valence-corrected chi connectivity index (χ3v) is 4.57. The highest BCUT2D eigenvalue weighted by atomic mass is 14.7. The van der Waals surface area contributed by atoms with Gasteiger partial charge in [0, 0.05) is 12.4 Å². The normalized spacial score (nSPS) is 11.5. The lowest BCUT2D eigenvalue weighted by Gasteiger charge is -2.12. The Bertz CT molecular complexity index is 924. The van der Waals surface area contributed by atoms with Crippen LogP contribution in [-0.2, 0) is 12.8 Å². The van der Waals surface area contributed by atoms with Crippen molar-refractivity contribution in [2.24, 2.45) is 10.7 Å². The van der Waals surface area contributed by atoms with Gasteiger partial charge in [-0.15, -0.1) is 0 Å². The molecule has 0 fully saturated rings. The van der Waals surface area contributed by atoms with Gasteiger partial charge in [-0.2, -0.15) is 0 Å². The largest absolute Gasteiger partial charge is 0.330 e. The molecule has 0 aliphatic rings. The molecule has 27 heavy (non-hydrogen) atoms. The van der Waals surface area contributed by atoms with Gasteiger partial charge in [-0.3, -0.25) is 4.99 Å². The summed E-state index contributed by atoms with van der Waals surface area (Å²) in [4.78, 5) is 4.32. The number of rotatable bonds is 7. The quantitative estimate of drug-likeness (QED) is 0.567. The van der Waals surface area contributed by atoms with Crippen LogP contribution in [0.25, 0.3) is 11.1 Å². The first-order chi connectivity index (χ1) is 13.3. The molecule has 2 heteroatoms. The second kappa shape index (κ2) is 9.65. The van der Waals surface area contributed by atoms with Crippen molar-refractivity contribution >= 4 is 6.21 Å². The van der Waals surface area contributed by atoms with Crippen LogP contribution in [0.15, 0.2) is 90.1 Å². The topological polar surface area (TPSA) is 38.4 Å². The zero-order chi connectivity index (χ0) is 18.9. The van der Waals surface area contributed by atoms with E-state index in [2.05, 4.69) is 77.8 Å². The molecule has 0 amide bonds. The van der Waals surface area contributed by atoms with Gasteiger partial charge < -0.3 is 5.73 Å². The number of aliphatic imine (C=N–C) groups is 1. The molecule has 0 radical (unpaired) electrons. The van der Waals surface area contributed by atoms with E-state index in [9.17, 15) is 0 Å². The number of nitrogens with two attached hydrogens (primary N) is 1. The minimum atomic E-state index is 0.633. The van der Waals surface area contributed by atoms with Crippen LogP contribution in [0.5, 0.6) is 0 Å². The smallest absolute Gasteiger partial charge is 0.0342 e.